The fourth-order valence-corrected chi connectivity index (χ4v) is 5.93. The number of hydrogen-bond acceptors (Lipinski definition) is 6. The number of nitrogens with zero attached hydrogens (tertiary/aromatic N) is 4. The van der Waals surface area contributed by atoms with E-state index < -0.39 is 11.7 Å². The Kier molecular flexibility index (Phi) is 6.79. The molecule has 2 amide bonds. The molecule has 3 heterocycles. The van der Waals surface area contributed by atoms with E-state index in [9.17, 15) is 14.9 Å². The molecule has 2 aliphatic heterocycles. The molecule has 1 unspecified atom stereocenters. The third-order valence-electron chi connectivity index (χ3n) is 6.93. The van der Waals surface area contributed by atoms with Crippen LogP contribution in [0, 0.1) is 11.3 Å². The second kappa shape index (κ2) is 10.2. The van der Waals surface area contributed by atoms with Crippen molar-refractivity contribution in [2.24, 2.45) is 0 Å². The van der Waals surface area contributed by atoms with Gasteiger partial charge in [-0.15, -0.1) is 11.8 Å². The SMILES string of the molecule is N#CC1CSCN1C(=O)CNC(=O)c1ccnc2ccc(N3CCC(F)(c4ccccc4)CC3)cc12. The van der Waals surface area contributed by atoms with Gasteiger partial charge in [-0.2, -0.15) is 5.26 Å². The Balaban J connectivity index is 1.30. The van der Waals surface area contributed by atoms with E-state index in [0.717, 1.165) is 11.3 Å². The van der Waals surface area contributed by atoms with Crippen molar-refractivity contribution in [2.75, 3.05) is 36.2 Å². The van der Waals surface area contributed by atoms with E-state index in [2.05, 4.69) is 21.3 Å². The number of fused-ring (bicyclic) bond motifs is 1. The number of nitrogens with one attached hydrogen (secondary N) is 1. The van der Waals surface area contributed by atoms with Crippen LogP contribution in [0.2, 0.25) is 0 Å². The van der Waals surface area contributed by atoms with Crippen molar-refractivity contribution < 1.29 is 14.0 Å². The van der Waals surface area contributed by atoms with E-state index in [1.165, 1.54) is 16.7 Å². The molecule has 184 valence electrons. The minimum Gasteiger partial charge on any atom is -0.371 e. The van der Waals surface area contributed by atoms with Crippen molar-refractivity contribution in [3.05, 3.63) is 71.9 Å². The van der Waals surface area contributed by atoms with Crippen LogP contribution in [0.5, 0.6) is 0 Å². The number of anilines is 1. The minimum absolute atomic E-state index is 0.175. The zero-order valence-electron chi connectivity index (χ0n) is 19.7. The first-order valence-electron chi connectivity index (χ1n) is 11.9. The number of carbonyl (C=O) groups excluding carboxylic acids is 2. The molecule has 2 aliphatic rings. The van der Waals surface area contributed by atoms with Gasteiger partial charge in [0.2, 0.25) is 5.91 Å². The molecule has 2 saturated heterocycles. The summed E-state index contributed by atoms with van der Waals surface area (Å²) in [5.41, 5.74) is 1.37. The highest BCUT2D eigenvalue weighted by atomic mass is 32.2. The topological polar surface area (TPSA) is 89.3 Å². The number of piperidine rings is 1. The Morgan fingerprint density at radius 2 is 1.94 bits per heavy atom. The summed E-state index contributed by atoms with van der Waals surface area (Å²) < 4.78 is 15.6. The van der Waals surface area contributed by atoms with Crippen LogP contribution in [0.3, 0.4) is 0 Å². The molecular formula is C27H26FN5O2S. The van der Waals surface area contributed by atoms with Gasteiger partial charge >= 0.3 is 0 Å². The number of amides is 2. The molecule has 0 spiro atoms. The van der Waals surface area contributed by atoms with Crippen LogP contribution >= 0.6 is 11.8 Å². The molecule has 1 atom stereocenters. The first-order chi connectivity index (χ1) is 17.5. The average molecular weight is 504 g/mol. The van der Waals surface area contributed by atoms with Crippen LogP contribution < -0.4 is 10.2 Å². The summed E-state index contributed by atoms with van der Waals surface area (Å²) in [4.78, 5) is 33.5. The Hall–Kier alpha value is -3.64. The number of pyridine rings is 1. The molecule has 0 radical (unpaired) electrons. The monoisotopic (exact) mass is 503 g/mol. The second-order valence-corrected chi connectivity index (χ2v) is 10.1. The van der Waals surface area contributed by atoms with E-state index in [1.54, 1.807) is 12.3 Å². The van der Waals surface area contributed by atoms with Crippen molar-refractivity contribution in [1.29, 1.82) is 5.26 Å². The Bertz CT molecular complexity index is 1320. The van der Waals surface area contributed by atoms with Gasteiger partial charge in [-0.25, -0.2) is 4.39 Å². The van der Waals surface area contributed by atoms with E-state index in [1.807, 2.05) is 48.5 Å². The molecule has 1 N–H and O–H groups in total. The average Bonchev–Trinajstić information content (AvgIpc) is 3.41. The summed E-state index contributed by atoms with van der Waals surface area (Å²) in [6.45, 7) is 0.938. The minimum atomic E-state index is -1.34. The molecule has 36 heavy (non-hydrogen) atoms. The van der Waals surface area contributed by atoms with Gasteiger partial charge in [-0.05, 0) is 29.8 Å². The summed E-state index contributed by atoms with van der Waals surface area (Å²) in [7, 11) is 0. The molecule has 9 heteroatoms. The van der Waals surface area contributed by atoms with Gasteiger partial charge in [0.25, 0.3) is 5.91 Å². The van der Waals surface area contributed by atoms with Gasteiger partial charge in [-0.1, -0.05) is 30.3 Å². The van der Waals surface area contributed by atoms with Gasteiger partial charge in [-0.3, -0.25) is 14.6 Å². The summed E-state index contributed by atoms with van der Waals surface area (Å²) in [6.07, 6.45) is 2.34. The third kappa shape index (κ3) is 4.73. The predicted octanol–water partition coefficient (Wildman–Crippen LogP) is 3.85. The summed E-state index contributed by atoms with van der Waals surface area (Å²) in [6, 6.07) is 18.3. The van der Waals surface area contributed by atoms with Crippen molar-refractivity contribution in [3.8, 4) is 6.07 Å². The first-order valence-corrected chi connectivity index (χ1v) is 13.1. The lowest BCUT2D eigenvalue weighted by Gasteiger charge is -2.38. The van der Waals surface area contributed by atoms with E-state index in [-0.39, 0.29) is 18.4 Å². The Morgan fingerprint density at radius 1 is 1.17 bits per heavy atom. The van der Waals surface area contributed by atoms with Crippen molar-refractivity contribution >= 4 is 40.2 Å². The number of aromatic nitrogens is 1. The van der Waals surface area contributed by atoms with Crippen molar-refractivity contribution in [3.63, 3.8) is 0 Å². The zero-order valence-corrected chi connectivity index (χ0v) is 20.5. The molecule has 0 aliphatic carbocycles. The normalized spacial score (nSPS) is 19.2. The van der Waals surface area contributed by atoms with Gasteiger partial charge < -0.3 is 15.1 Å². The van der Waals surface area contributed by atoms with Gasteiger partial charge in [0.05, 0.1) is 29.6 Å². The van der Waals surface area contributed by atoms with Gasteiger partial charge in [0.15, 0.2) is 0 Å². The highest BCUT2D eigenvalue weighted by molar-refractivity contribution is 7.99. The zero-order chi connectivity index (χ0) is 25.1. The fraction of sp³-hybridized carbons (Fsp3) is 0.333. The molecule has 3 aromatic rings. The highest BCUT2D eigenvalue weighted by Crippen LogP contribution is 2.38. The van der Waals surface area contributed by atoms with Crippen molar-refractivity contribution in [2.45, 2.75) is 24.6 Å². The maximum absolute atomic E-state index is 15.6. The molecule has 2 aromatic carbocycles. The highest BCUT2D eigenvalue weighted by Gasteiger charge is 2.36. The molecule has 0 bridgehead atoms. The third-order valence-corrected chi connectivity index (χ3v) is 7.95. The van der Waals surface area contributed by atoms with Gasteiger partial charge in [0.1, 0.15) is 11.7 Å². The lowest BCUT2D eigenvalue weighted by molar-refractivity contribution is -0.129. The lowest BCUT2D eigenvalue weighted by atomic mass is 9.86. The summed E-state index contributed by atoms with van der Waals surface area (Å²) >= 11 is 1.52. The van der Waals surface area contributed by atoms with Crippen LogP contribution in [0.1, 0.15) is 28.8 Å². The first kappa shape index (κ1) is 24.1. The Labute approximate surface area is 213 Å². The number of alkyl halides is 1. The van der Waals surface area contributed by atoms with E-state index >= 15 is 4.39 Å². The summed E-state index contributed by atoms with van der Waals surface area (Å²) in [5, 5.41) is 12.6. The van der Waals surface area contributed by atoms with Crippen LogP contribution in [-0.4, -0.2) is 59.0 Å². The standard InChI is InChI=1S/C27H26FN5O2S/c28-27(19-4-2-1-3-5-19)9-12-32(13-10-27)20-6-7-24-23(14-20)22(8-11-30-24)26(35)31-16-25(34)33-18-36-17-21(33)15-29/h1-8,11,14,21H,9-10,12-13,16-18H2,(H,31,35). The number of rotatable bonds is 5. The number of benzene rings is 2. The summed E-state index contributed by atoms with van der Waals surface area (Å²) in [5.74, 6) is 0.382. The van der Waals surface area contributed by atoms with Gasteiger partial charge in [0, 0.05) is 49.0 Å². The molecule has 2 fully saturated rings. The number of nitriles is 1. The number of hydrogen-bond donors (Lipinski definition) is 1. The maximum atomic E-state index is 15.6. The van der Waals surface area contributed by atoms with Crippen LogP contribution in [0.25, 0.3) is 10.9 Å². The van der Waals surface area contributed by atoms with Crippen molar-refractivity contribution in [1.82, 2.24) is 15.2 Å². The van der Waals surface area contributed by atoms with Crippen LogP contribution in [0.4, 0.5) is 10.1 Å². The smallest absolute Gasteiger partial charge is 0.252 e. The maximum Gasteiger partial charge on any atom is 0.252 e. The lowest BCUT2D eigenvalue weighted by Crippen LogP contribution is -2.42. The fourth-order valence-electron chi connectivity index (χ4n) is 4.82. The second-order valence-electron chi connectivity index (χ2n) is 9.07. The molecule has 7 nitrogen and oxygen atoms in total. The molecule has 0 saturated carbocycles. The van der Waals surface area contributed by atoms with E-state index in [4.69, 9.17) is 0 Å². The predicted molar refractivity (Wildman–Crippen MR) is 138 cm³/mol. The Morgan fingerprint density at radius 3 is 2.69 bits per heavy atom. The molecule has 1 aromatic heterocycles. The largest absolute Gasteiger partial charge is 0.371 e. The number of halogens is 1. The number of thioether (sulfide) groups is 1. The molecular weight excluding hydrogens is 477 g/mol. The van der Waals surface area contributed by atoms with E-state index in [0.29, 0.717) is 54.0 Å². The molecule has 5 rings (SSSR count). The van der Waals surface area contributed by atoms with Crippen LogP contribution in [0.15, 0.2) is 60.8 Å². The van der Waals surface area contributed by atoms with Crippen LogP contribution in [-0.2, 0) is 10.5 Å². The quantitative estimate of drug-likeness (QED) is 0.569. The number of carbonyl (C=O) groups is 2.